The van der Waals surface area contributed by atoms with Crippen LogP contribution >= 0.6 is 0 Å². The minimum Gasteiger partial charge on any atom is -0.481 e. The van der Waals surface area contributed by atoms with Crippen LogP contribution in [0.2, 0.25) is 0 Å². The lowest BCUT2D eigenvalue weighted by molar-refractivity contribution is -0.137. The van der Waals surface area contributed by atoms with Crippen LogP contribution in [0.5, 0.6) is 0 Å². The van der Waals surface area contributed by atoms with Gasteiger partial charge in [-0.05, 0) is 45.6 Å². The molecule has 0 spiro atoms. The first-order chi connectivity index (χ1) is 10.3. The van der Waals surface area contributed by atoms with Crippen molar-refractivity contribution in [2.24, 2.45) is 5.92 Å². The van der Waals surface area contributed by atoms with Gasteiger partial charge in [-0.2, -0.15) is 0 Å². The highest BCUT2D eigenvalue weighted by Crippen LogP contribution is 2.25. The average Bonchev–Trinajstić information content (AvgIpc) is 2.49. The van der Waals surface area contributed by atoms with Crippen molar-refractivity contribution < 1.29 is 14.7 Å². The van der Waals surface area contributed by atoms with Crippen molar-refractivity contribution in [3.8, 4) is 0 Å². The van der Waals surface area contributed by atoms with E-state index in [-0.39, 0.29) is 18.0 Å². The van der Waals surface area contributed by atoms with Gasteiger partial charge >= 0.3 is 12.0 Å². The molecule has 1 rings (SSSR count). The summed E-state index contributed by atoms with van der Waals surface area (Å²) in [6.07, 6.45) is 4.28. The third-order valence-corrected chi connectivity index (χ3v) is 4.49. The maximum atomic E-state index is 11.7. The maximum Gasteiger partial charge on any atom is 0.314 e. The van der Waals surface area contributed by atoms with E-state index in [1.54, 1.807) is 0 Å². The van der Waals surface area contributed by atoms with E-state index in [0.717, 1.165) is 19.0 Å². The predicted molar refractivity (Wildman–Crippen MR) is 86.9 cm³/mol. The van der Waals surface area contributed by atoms with E-state index in [1.165, 1.54) is 19.3 Å². The third-order valence-electron chi connectivity index (χ3n) is 4.49. The van der Waals surface area contributed by atoms with Crippen LogP contribution in [0.25, 0.3) is 0 Å². The van der Waals surface area contributed by atoms with Gasteiger partial charge in [-0.1, -0.05) is 13.3 Å². The Bertz CT molecular complexity index is 372. The predicted octanol–water partition coefficient (Wildman–Crippen LogP) is 2.05. The summed E-state index contributed by atoms with van der Waals surface area (Å²) in [5.41, 5.74) is -0.0632. The molecule has 6 heteroatoms. The van der Waals surface area contributed by atoms with Gasteiger partial charge in [0.05, 0.1) is 0 Å². The van der Waals surface area contributed by atoms with Crippen LogP contribution in [-0.2, 0) is 4.79 Å². The molecule has 0 radical (unpaired) electrons. The molecule has 0 aliphatic carbocycles. The molecular weight excluding hydrogens is 282 g/mol. The Morgan fingerprint density at radius 3 is 2.68 bits per heavy atom. The monoisotopic (exact) mass is 313 g/mol. The molecule has 1 heterocycles. The second-order valence-corrected chi connectivity index (χ2v) is 6.78. The molecule has 22 heavy (non-hydrogen) atoms. The second kappa shape index (κ2) is 8.98. The van der Waals surface area contributed by atoms with Crippen molar-refractivity contribution in [2.75, 3.05) is 26.2 Å². The van der Waals surface area contributed by atoms with Crippen molar-refractivity contribution in [1.29, 1.82) is 0 Å². The van der Waals surface area contributed by atoms with E-state index in [2.05, 4.69) is 36.3 Å². The molecule has 1 atom stereocenters. The molecule has 0 aromatic heterocycles. The Morgan fingerprint density at radius 1 is 1.32 bits per heavy atom. The SMILES string of the molecule is CCC1CCCN(C(C)(C)CNC(=O)NCCCC(=O)O)C1. The van der Waals surface area contributed by atoms with E-state index in [1.807, 2.05) is 0 Å². The zero-order chi connectivity index (χ0) is 16.6. The highest BCUT2D eigenvalue weighted by Gasteiger charge is 2.31. The summed E-state index contributed by atoms with van der Waals surface area (Å²) < 4.78 is 0. The Hall–Kier alpha value is -1.30. The molecular formula is C16H31N3O3. The number of carboxylic acid groups (broad SMARTS) is 1. The number of carboxylic acids is 1. The number of likely N-dealkylation sites (tertiary alicyclic amines) is 1. The van der Waals surface area contributed by atoms with Crippen LogP contribution in [0.4, 0.5) is 4.79 Å². The molecule has 1 fully saturated rings. The largest absolute Gasteiger partial charge is 0.481 e. The Balaban J connectivity index is 2.28. The minimum atomic E-state index is -0.834. The first kappa shape index (κ1) is 18.7. The molecule has 0 aromatic rings. The van der Waals surface area contributed by atoms with Crippen molar-refractivity contribution in [3.63, 3.8) is 0 Å². The van der Waals surface area contributed by atoms with Gasteiger partial charge in [0.1, 0.15) is 0 Å². The van der Waals surface area contributed by atoms with Crippen molar-refractivity contribution in [2.45, 2.75) is 58.4 Å². The Morgan fingerprint density at radius 2 is 2.05 bits per heavy atom. The van der Waals surface area contributed by atoms with Crippen LogP contribution in [-0.4, -0.2) is 53.7 Å². The van der Waals surface area contributed by atoms with Crippen LogP contribution in [0.3, 0.4) is 0 Å². The molecule has 1 aliphatic rings. The number of amides is 2. The molecule has 2 amide bonds. The first-order valence-electron chi connectivity index (χ1n) is 8.33. The highest BCUT2D eigenvalue weighted by molar-refractivity contribution is 5.74. The van der Waals surface area contributed by atoms with Crippen molar-refractivity contribution >= 4 is 12.0 Å². The smallest absolute Gasteiger partial charge is 0.314 e. The number of aliphatic carboxylic acids is 1. The summed E-state index contributed by atoms with van der Waals surface area (Å²) in [6, 6.07) is -0.220. The van der Waals surface area contributed by atoms with Crippen LogP contribution in [0.15, 0.2) is 0 Å². The number of carbonyl (C=O) groups excluding carboxylic acids is 1. The van der Waals surface area contributed by atoms with Crippen molar-refractivity contribution in [3.05, 3.63) is 0 Å². The van der Waals surface area contributed by atoms with E-state index in [4.69, 9.17) is 5.11 Å². The average molecular weight is 313 g/mol. The van der Waals surface area contributed by atoms with Gasteiger partial charge in [-0.25, -0.2) is 4.79 Å². The lowest BCUT2D eigenvalue weighted by atomic mass is 9.91. The second-order valence-electron chi connectivity index (χ2n) is 6.78. The van der Waals surface area contributed by atoms with Gasteiger partial charge in [-0.3, -0.25) is 9.69 Å². The number of nitrogens with one attached hydrogen (secondary N) is 2. The quantitative estimate of drug-likeness (QED) is 0.599. The number of hydrogen-bond donors (Lipinski definition) is 3. The topological polar surface area (TPSA) is 81.7 Å². The van der Waals surface area contributed by atoms with E-state index in [9.17, 15) is 9.59 Å². The Labute approximate surface area is 133 Å². The summed E-state index contributed by atoms with van der Waals surface area (Å²) >= 11 is 0. The van der Waals surface area contributed by atoms with Gasteiger partial charge < -0.3 is 15.7 Å². The molecule has 1 aliphatic heterocycles. The minimum absolute atomic E-state index is 0.0632. The van der Waals surface area contributed by atoms with Gasteiger partial charge in [0.25, 0.3) is 0 Å². The highest BCUT2D eigenvalue weighted by atomic mass is 16.4. The van der Waals surface area contributed by atoms with Crippen LogP contribution in [0, 0.1) is 5.92 Å². The molecule has 1 saturated heterocycles. The van der Waals surface area contributed by atoms with Gasteiger partial charge in [-0.15, -0.1) is 0 Å². The zero-order valence-electron chi connectivity index (χ0n) is 14.2. The lowest BCUT2D eigenvalue weighted by Gasteiger charge is -2.43. The summed E-state index contributed by atoms with van der Waals surface area (Å²) in [7, 11) is 0. The third kappa shape index (κ3) is 6.64. The summed E-state index contributed by atoms with van der Waals surface area (Å²) in [4.78, 5) is 24.6. The number of rotatable bonds is 8. The summed E-state index contributed by atoms with van der Waals surface area (Å²) in [5.74, 6) is -0.0724. The normalized spacial score (nSPS) is 19.7. The lowest BCUT2D eigenvalue weighted by Crippen LogP contribution is -2.55. The number of piperidine rings is 1. The van der Waals surface area contributed by atoms with Crippen molar-refractivity contribution in [1.82, 2.24) is 15.5 Å². The van der Waals surface area contributed by atoms with E-state index >= 15 is 0 Å². The van der Waals surface area contributed by atoms with E-state index in [0.29, 0.717) is 19.5 Å². The fraction of sp³-hybridized carbons (Fsp3) is 0.875. The zero-order valence-corrected chi connectivity index (χ0v) is 14.2. The van der Waals surface area contributed by atoms with Gasteiger partial charge in [0, 0.05) is 31.6 Å². The number of urea groups is 1. The first-order valence-corrected chi connectivity index (χ1v) is 8.33. The molecule has 128 valence electrons. The Kier molecular flexibility index (Phi) is 7.65. The number of hydrogen-bond acceptors (Lipinski definition) is 3. The summed E-state index contributed by atoms with van der Waals surface area (Å²) in [6.45, 7) is 9.74. The standard InChI is InChI=1S/C16H31N3O3/c1-4-13-7-6-10-19(11-13)16(2,3)12-18-15(22)17-9-5-8-14(20)21/h13H,4-12H2,1-3H3,(H,20,21)(H2,17,18,22). The fourth-order valence-electron chi connectivity index (χ4n) is 2.86. The molecule has 0 saturated carbocycles. The molecule has 1 unspecified atom stereocenters. The van der Waals surface area contributed by atoms with Crippen LogP contribution in [0.1, 0.15) is 52.9 Å². The van der Waals surface area contributed by atoms with Gasteiger partial charge in [0.2, 0.25) is 0 Å². The van der Waals surface area contributed by atoms with E-state index < -0.39 is 5.97 Å². The maximum absolute atomic E-state index is 11.7. The molecule has 3 N–H and O–H groups in total. The molecule has 6 nitrogen and oxygen atoms in total. The molecule has 0 bridgehead atoms. The number of nitrogens with zero attached hydrogens (tertiary/aromatic N) is 1. The van der Waals surface area contributed by atoms with Crippen LogP contribution < -0.4 is 10.6 Å². The fourth-order valence-corrected chi connectivity index (χ4v) is 2.86. The molecule has 0 aromatic carbocycles. The van der Waals surface area contributed by atoms with Gasteiger partial charge in [0.15, 0.2) is 0 Å². The summed E-state index contributed by atoms with van der Waals surface area (Å²) in [5, 5.41) is 14.1. The number of carbonyl (C=O) groups is 2.